The predicted octanol–water partition coefficient (Wildman–Crippen LogP) is 4.04. The van der Waals surface area contributed by atoms with E-state index in [1.807, 2.05) is 62.4 Å². The molecule has 0 atom stereocenters. The Morgan fingerprint density at radius 1 is 1.08 bits per heavy atom. The normalized spacial score (nSPS) is 11.0. The van der Waals surface area contributed by atoms with Crippen molar-refractivity contribution in [3.05, 3.63) is 64.1 Å². The van der Waals surface area contributed by atoms with Gasteiger partial charge in [0, 0.05) is 23.6 Å². The lowest BCUT2D eigenvalue weighted by molar-refractivity contribution is -0.125. The van der Waals surface area contributed by atoms with Crippen molar-refractivity contribution >= 4 is 33.4 Å². The molecule has 0 fully saturated rings. The molecule has 0 unspecified atom stereocenters. The largest absolute Gasteiger partial charge is 0.355 e. The second-order valence-corrected chi connectivity index (χ2v) is 7.44. The number of carbonyl (C=O) groups is 2. The fourth-order valence-corrected chi connectivity index (χ4v) is 2.91. The van der Waals surface area contributed by atoms with Gasteiger partial charge in [0.1, 0.15) is 0 Å². The summed E-state index contributed by atoms with van der Waals surface area (Å²) in [5.74, 6) is -0.0877. The Hall–Kier alpha value is -2.14. The highest BCUT2D eigenvalue weighted by molar-refractivity contribution is 9.10. The molecule has 0 spiro atoms. The monoisotopic (exact) mass is 402 g/mol. The first kappa shape index (κ1) is 19.2. The van der Waals surface area contributed by atoms with Crippen LogP contribution in [-0.2, 0) is 21.4 Å². The summed E-state index contributed by atoms with van der Waals surface area (Å²) in [6.07, 6.45) is 0.737. The topological polar surface area (TPSA) is 58.2 Å². The summed E-state index contributed by atoms with van der Waals surface area (Å²) in [7, 11) is 0. The standard InChI is InChI=1S/C20H23BrN2O2/c1-14(24)23-18-9-7-15(8-10-18)11-12-22-19(25)20(2,3)16-5-4-6-17(21)13-16/h4-10,13H,11-12H2,1-3H3,(H,22,25)(H,23,24). The number of amides is 2. The van der Waals surface area contributed by atoms with Crippen LogP contribution in [0.2, 0.25) is 0 Å². The average molecular weight is 403 g/mol. The fraction of sp³-hybridized carbons (Fsp3) is 0.300. The van der Waals surface area contributed by atoms with Gasteiger partial charge in [-0.05, 0) is 55.7 Å². The van der Waals surface area contributed by atoms with Crippen LogP contribution in [-0.4, -0.2) is 18.4 Å². The van der Waals surface area contributed by atoms with Crippen LogP contribution in [0, 0.1) is 0 Å². The SMILES string of the molecule is CC(=O)Nc1ccc(CCNC(=O)C(C)(C)c2cccc(Br)c2)cc1. The van der Waals surface area contributed by atoms with Crippen LogP contribution in [0.25, 0.3) is 0 Å². The summed E-state index contributed by atoms with van der Waals surface area (Å²) in [4.78, 5) is 23.6. The minimum Gasteiger partial charge on any atom is -0.355 e. The molecule has 0 aromatic heterocycles. The lowest BCUT2D eigenvalue weighted by Gasteiger charge is -2.24. The maximum absolute atomic E-state index is 12.6. The Balaban J connectivity index is 1.90. The van der Waals surface area contributed by atoms with Gasteiger partial charge in [-0.15, -0.1) is 0 Å². The number of rotatable bonds is 6. The third kappa shape index (κ3) is 5.43. The molecule has 5 heteroatoms. The predicted molar refractivity (Wildman–Crippen MR) is 105 cm³/mol. The van der Waals surface area contributed by atoms with Crippen LogP contribution in [0.15, 0.2) is 53.0 Å². The van der Waals surface area contributed by atoms with Crippen LogP contribution in [0.5, 0.6) is 0 Å². The summed E-state index contributed by atoms with van der Waals surface area (Å²) in [6, 6.07) is 15.5. The molecule has 4 nitrogen and oxygen atoms in total. The van der Waals surface area contributed by atoms with Gasteiger partial charge in [0.25, 0.3) is 0 Å². The van der Waals surface area contributed by atoms with Crippen molar-refractivity contribution in [3.63, 3.8) is 0 Å². The van der Waals surface area contributed by atoms with Crippen molar-refractivity contribution in [2.75, 3.05) is 11.9 Å². The summed E-state index contributed by atoms with van der Waals surface area (Å²) >= 11 is 3.45. The zero-order valence-electron chi connectivity index (χ0n) is 14.7. The van der Waals surface area contributed by atoms with Crippen LogP contribution in [0.3, 0.4) is 0 Å². The zero-order valence-corrected chi connectivity index (χ0v) is 16.3. The van der Waals surface area contributed by atoms with Gasteiger partial charge in [-0.1, -0.05) is 40.2 Å². The summed E-state index contributed by atoms with van der Waals surface area (Å²) in [5.41, 5.74) is 2.25. The maximum atomic E-state index is 12.6. The molecule has 0 saturated heterocycles. The van der Waals surface area contributed by atoms with Gasteiger partial charge in [0.05, 0.1) is 5.41 Å². The van der Waals surface area contributed by atoms with Gasteiger partial charge in [0.15, 0.2) is 0 Å². The Bertz CT molecular complexity index is 755. The number of benzene rings is 2. The van der Waals surface area contributed by atoms with Crippen molar-refractivity contribution < 1.29 is 9.59 Å². The quantitative estimate of drug-likeness (QED) is 0.765. The number of halogens is 1. The van der Waals surface area contributed by atoms with E-state index in [1.165, 1.54) is 6.92 Å². The second-order valence-electron chi connectivity index (χ2n) is 6.52. The van der Waals surface area contributed by atoms with Crippen LogP contribution < -0.4 is 10.6 Å². The van der Waals surface area contributed by atoms with E-state index in [0.717, 1.165) is 27.7 Å². The van der Waals surface area contributed by atoms with Crippen LogP contribution in [0.1, 0.15) is 31.9 Å². The smallest absolute Gasteiger partial charge is 0.230 e. The first-order valence-electron chi connectivity index (χ1n) is 8.20. The minimum atomic E-state index is -0.598. The van der Waals surface area contributed by atoms with E-state index < -0.39 is 5.41 Å². The van der Waals surface area contributed by atoms with Crippen molar-refractivity contribution in [3.8, 4) is 0 Å². The third-order valence-electron chi connectivity index (χ3n) is 4.09. The van der Waals surface area contributed by atoms with E-state index in [4.69, 9.17) is 0 Å². The Labute approximate surface area is 157 Å². The average Bonchev–Trinajstić information content (AvgIpc) is 2.56. The van der Waals surface area contributed by atoms with Crippen molar-refractivity contribution in [2.24, 2.45) is 0 Å². The third-order valence-corrected chi connectivity index (χ3v) is 4.58. The van der Waals surface area contributed by atoms with Gasteiger partial charge in [-0.25, -0.2) is 0 Å². The Kier molecular flexibility index (Phi) is 6.37. The summed E-state index contributed by atoms with van der Waals surface area (Å²) < 4.78 is 0.963. The molecule has 0 aliphatic carbocycles. The molecule has 2 aromatic rings. The molecule has 2 aromatic carbocycles. The number of carbonyl (C=O) groups excluding carboxylic acids is 2. The molecular weight excluding hydrogens is 380 g/mol. The molecule has 0 aliphatic heterocycles. The zero-order chi connectivity index (χ0) is 18.4. The molecular formula is C20H23BrN2O2. The first-order valence-corrected chi connectivity index (χ1v) is 8.99. The minimum absolute atomic E-state index is 0.000432. The van der Waals surface area contributed by atoms with E-state index in [-0.39, 0.29) is 11.8 Å². The van der Waals surface area contributed by atoms with Gasteiger partial charge in [0.2, 0.25) is 11.8 Å². The summed E-state index contributed by atoms with van der Waals surface area (Å²) in [5, 5.41) is 5.75. The molecule has 2 N–H and O–H groups in total. The highest BCUT2D eigenvalue weighted by atomic mass is 79.9. The molecule has 2 rings (SSSR count). The van der Waals surface area contributed by atoms with E-state index in [2.05, 4.69) is 26.6 Å². The molecule has 0 aliphatic rings. The van der Waals surface area contributed by atoms with E-state index in [1.54, 1.807) is 0 Å². The number of hydrogen-bond donors (Lipinski definition) is 2. The number of nitrogens with one attached hydrogen (secondary N) is 2. The number of hydrogen-bond acceptors (Lipinski definition) is 2. The summed E-state index contributed by atoms with van der Waals surface area (Å²) in [6.45, 7) is 5.89. The van der Waals surface area contributed by atoms with Crippen LogP contribution in [0.4, 0.5) is 5.69 Å². The second kappa shape index (κ2) is 8.30. The first-order chi connectivity index (χ1) is 11.8. The molecule has 0 radical (unpaired) electrons. The van der Waals surface area contributed by atoms with Crippen molar-refractivity contribution in [2.45, 2.75) is 32.6 Å². The molecule has 132 valence electrons. The maximum Gasteiger partial charge on any atom is 0.230 e. The molecule has 2 amide bonds. The fourth-order valence-electron chi connectivity index (χ4n) is 2.51. The Morgan fingerprint density at radius 2 is 1.76 bits per heavy atom. The highest BCUT2D eigenvalue weighted by Crippen LogP contribution is 2.26. The lowest BCUT2D eigenvalue weighted by atomic mass is 9.84. The Morgan fingerprint density at radius 3 is 2.36 bits per heavy atom. The van der Waals surface area contributed by atoms with Crippen molar-refractivity contribution in [1.29, 1.82) is 0 Å². The van der Waals surface area contributed by atoms with Gasteiger partial charge in [-0.3, -0.25) is 9.59 Å². The molecule has 0 heterocycles. The molecule has 0 saturated carbocycles. The lowest BCUT2D eigenvalue weighted by Crippen LogP contribution is -2.40. The molecule has 0 bridgehead atoms. The van der Waals surface area contributed by atoms with Crippen molar-refractivity contribution in [1.82, 2.24) is 5.32 Å². The number of anilines is 1. The van der Waals surface area contributed by atoms with E-state index in [0.29, 0.717) is 6.54 Å². The van der Waals surface area contributed by atoms with Crippen LogP contribution >= 0.6 is 15.9 Å². The molecule has 25 heavy (non-hydrogen) atoms. The highest BCUT2D eigenvalue weighted by Gasteiger charge is 2.29. The van der Waals surface area contributed by atoms with E-state index in [9.17, 15) is 9.59 Å². The van der Waals surface area contributed by atoms with E-state index >= 15 is 0 Å². The van der Waals surface area contributed by atoms with Gasteiger partial charge < -0.3 is 10.6 Å². The van der Waals surface area contributed by atoms with Gasteiger partial charge >= 0.3 is 0 Å². The van der Waals surface area contributed by atoms with Gasteiger partial charge in [-0.2, -0.15) is 0 Å².